The Morgan fingerprint density at radius 3 is 2.86 bits per heavy atom. The summed E-state index contributed by atoms with van der Waals surface area (Å²) >= 11 is 5.95. The molecule has 1 aromatic carbocycles. The Balaban J connectivity index is 2.18. The first-order valence-corrected chi connectivity index (χ1v) is 6.67. The smallest absolute Gasteiger partial charge is 0.374 e. The van der Waals surface area contributed by atoms with Crippen molar-refractivity contribution in [2.75, 3.05) is 5.32 Å². The fourth-order valence-corrected chi connectivity index (χ4v) is 2.31. The van der Waals surface area contributed by atoms with E-state index in [1.807, 2.05) is 0 Å². The second-order valence-electron chi connectivity index (χ2n) is 4.72. The Bertz CT molecular complexity index is 892. The van der Waals surface area contributed by atoms with Gasteiger partial charge in [0.2, 0.25) is 5.76 Å². The van der Waals surface area contributed by atoms with Crippen LogP contribution in [0.2, 0.25) is 5.02 Å². The fourth-order valence-electron chi connectivity index (χ4n) is 2.11. The van der Waals surface area contributed by atoms with E-state index in [9.17, 15) is 14.3 Å². The first-order chi connectivity index (χ1) is 10.5. The Morgan fingerprint density at radius 2 is 2.18 bits per heavy atom. The molecule has 0 aliphatic carbocycles. The lowest BCUT2D eigenvalue weighted by molar-refractivity contribution is 0.0666. The lowest BCUT2D eigenvalue weighted by atomic mass is 10.2. The highest BCUT2D eigenvalue weighted by atomic mass is 35.5. The molecular weight excluding hydrogens is 311 g/mol. The number of carboxylic acids is 1. The molecule has 5 nitrogen and oxygen atoms in total. The lowest BCUT2D eigenvalue weighted by Crippen LogP contribution is -2.01. The molecule has 0 radical (unpaired) electrons. The maximum absolute atomic E-state index is 14.0. The van der Waals surface area contributed by atoms with Crippen LogP contribution in [0.1, 0.15) is 16.1 Å². The van der Waals surface area contributed by atoms with Crippen LogP contribution in [-0.4, -0.2) is 16.1 Å². The molecule has 0 bridgehead atoms. The first-order valence-electron chi connectivity index (χ1n) is 6.30. The van der Waals surface area contributed by atoms with Gasteiger partial charge in [-0.05, 0) is 24.6 Å². The molecule has 7 heteroatoms. The zero-order valence-corrected chi connectivity index (χ0v) is 12.1. The third-order valence-electron chi connectivity index (χ3n) is 3.13. The average Bonchev–Trinajstić information content (AvgIpc) is 2.82. The van der Waals surface area contributed by atoms with Crippen molar-refractivity contribution in [1.29, 1.82) is 0 Å². The summed E-state index contributed by atoms with van der Waals surface area (Å²) < 4.78 is 19.2. The number of fused-ring (bicyclic) bond motifs is 1. The van der Waals surface area contributed by atoms with Crippen LogP contribution in [0.3, 0.4) is 0 Å². The molecule has 0 aliphatic rings. The average molecular weight is 321 g/mol. The molecule has 2 heterocycles. The van der Waals surface area contributed by atoms with Gasteiger partial charge in [-0.15, -0.1) is 0 Å². The number of hydrogen-bond acceptors (Lipinski definition) is 4. The summed E-state index contributed by atoms with van der Waals surface area (Å²) in [6.45, 7) is 1.76. The van der Waals surface area contributed by atoms with E-state index in [4.69, 9.17) is 16.0 Å². The maximum atomic E-state index is 14.0. The number of nitrogens with zero attached hydrogens (tertiary/aromatic N) is 1. The monoisotopic (exact) mass is 320 g/mol. The summed E-state index contributed by atoms with van der Waals surface area (Å²) in [5.74, 6) is -2.15. The van der Waals surface area contributed by atoms with Gasteiger partial charge < -0.3 is 14.8 Å². The predicted molar refractivity (Wildman–Crippen MR) is 80.4 cm³/mol. The van der Waals surface area contributed by atoms with Crippen LogP contribution >= 0.6 is 11.6 Å². The van der Waals surface area contributed by atoms with Crippen molar-refractivity contribution in [3.05, 3.63) is 52.8 Å². The van der Waals surface area contributed by atoms with Gasteiger partial charge in [-0.2, -0.15) is 0 Å². The molecule has 0 fully saturated rings. The van der Waals surface area contributed by atoms with E-state index in [-0.39, 0.29) is 27.7 Å². The van der Waals surface area contributed by atoms with Gasteiger partial charge in [0.25, 0.3) is 0 Å². The normalized spacial score (nSPS) is 10.9. The second kappa shape index (κ2) is 5.31. The summed E-state index contributed by atoms with van der Waals surface area (Å²) in [7, 11) is 0. The Morgan fingerprint density at radius 1 is 1.41 bits per heavy atom. The standard InChI is InChI=1S/C15H10ClFN2O3/c1-7-2-3-11(10(17)4-7)19-12-8-5-18-6-9(16)13(8)22-14(12)15(20)21/h2-6,19H,1H3,(H,20,21). The number of aromatic nitrogens is 1. The molecule has 3 rings (SSSR count). The number of hydrogen-bond donors (Lipinski definition) is 2. The SMILES string of the molecule is Cc1ccc(Nc2c(C(=O)O)oc3c(Cl)cncc23)c(F)c1. The van der Waals surface area contributed by atoms with Crippen molar-refractivity contribution in [3.63, 3.8) is 0 Å². The minimum Gasteiger partial charge on any atom is -0.475 e. The third kappa shape index (κ3) is 2.37. The van der Waals surface area contributed by atoms with Crippen molar-refractivity contribution in [2.24, 2.45) is 0 Å². The van der Waals surface area contributed by atoms with Gasteiger partial charge in [0.1, 0.15) is 16.5 Å². The topological polar surface area (TPSA) is 75.4 Å². The number of pyridine rings is 1. The van der Waals surface area contributed by atoms with E-state index < -0.39 is 11.8 Å². The van der Waals surface area contributed by atoms with Gasteiger partial charge in [-0.1, -0.05) is 17.7 Å². The van der Waals surface area contributed by atoms with Gasteiger partial charge >= 0.3 is 5.97 Å². The summed E-state index contributed by atoms with van der Waals surface area (Å²) in [5, 5.41) is 12.6. The molecule has 0 atom stereocenters. The quantitative estimate of drug-likeness (QED) is 0.749. The molecule has 2 N–H and O–H groups in total. The van der Waals surface area contributed by atoms with E-state index in [0.717, 1.165) is 5.56 Å². The molecule has 2 aromatic heterocycles. The van der Waals surface area contributed by atoms with Gasteiger partial charge in [0, 0.05) is 12.4 Å². The Labute approximate surface area is 129 Å². The number of benzene rings is 1. The molecule has 0 amide bonds. The van der Waals surface area contributed by atoms with Crippen LogP contribution in [0.4, 0.5) is 15.8 Å². The molecule has 0 unspecified atom stereocenters. The number of carbonyl (C=O) groups is 1. The largest absolute Gasteiger partial charge is 0.475 e. The third-order valence-corrected chi connectivity index (χ3v) is 3.40. The predicted octanol–water partition coefficient (Wildman–Crippen LogP) is 4.37. The van der Waals surface area contributed by atoms with Crippen molar-refractivity contribution in [3.8, 4) is 0 Å². The summed E-state index contributed by atoms with van der Waals surface area (Å²) in [5.41, 5.74) is 1.18. The van der Waals surface area contributed by atoms with E-state index in [0.29, 0.717) is 5.39 Å². The number of rotatable bonds is 3. The van der Waals surface area contributed by atoms with E-state index in [2.05, 4.69) is 10.3 Å². The molecule has 0 aliphatic heterocycles. The zero-order chi connectivity index (χ0) is 15.9. The number of carboxylic acid groups (broad SMARTS) is 1. The first kappa shape index (κ1) is 14.3. The number of anilines is 2. The molecule has 0 spiro atoms. The number of halogens is 2. The molecule has 0 saturated heterocycles. The minimum absolute atomic E-state index is 0.111. The maximum Gasteiger partial charge on any atom is 0.374 e. The van der Waals surface area contributed by atoms with Crippen molar-refractivity contribution in [2.45, 2.75) is 6.92 Å². The molecule has 0 saturated carbocycles. The van der Waals surface area contributed by atoms with Crippen LogP contribution in [0, 0.1) is 12.7 Å². The number of aryl methyl sites for hydroxylation is 1. The van der Waals surface area contributed by atoms with Crippen LogP contribution in [0.15, 0.2) is 35.0 Å². The Hall–Kier alpha value is -2.60. The highest BCUT2D eigenvalue weighted by molar-refractivity contribution is 6.35. The van der Waals surface area contributed by atoms with Crippen molar-refractivity contribution < 1.29 is 18.7 Å². The fraction of sp³-hybridized carbons (Fsp3) is 0.0667. The number of nitrogens with one attached hydrogen (secondary N) is 1. The van der Waals surface area contributed by atoms with Gasteiger partial charge in [-0.3, -0.25) is 4.98 Å². The highest BCUT2D eigenvalue weighted by Crippen LogP contribution is 2.36. The Kier molecular flexibility index (Phi) is 3.46. The van der Waals surface area contributed by atoms with Gasteiger partial charge in [-0.25, -0.2) is 9.18 Å². The molecule has 3 aromatic rings. The zero-order valence-electron chi connectivity index (χ0n) is 11.4. The van der Waals surface area contributed by atoms with Crippen LogP contribution < -0.4 is 5.32 Å². The van der Waals surface area contributed by atoms with Crippen LogP contribution in [0.25, 0.3) is 11.0 Å². The number of aromatic carboxylic acids is 1. The molecular formula is C15H10ClFN2O3. The van der Waals surface area contributed by atoms with Gasteiger partial charge in [0.05, 0.1) is 11.1 Å². The minimum atomic E-state index is -1.29. The summed E-state index contributed by atoms with van der Waals surface area (Å²) in [4.78, 5) is 15.2. The molecule has 112 valence electrons. The van der Waals surface area contributed by atoms with Gasteiger partial charge in [0.15, 0.2) is 5.58 Å². The van der Waals surface area contributed by atoms with Crippen LogP contribution in [0.5, 0.6) is 0 Å². The summed E-state index contributed by atoms with van der Waals surface area (Å²) in [6.07, 6.45) is 2.75. The van der Waals surface area contributed by atoms with Crippen molar-refractivity contribution >= 4 is 39.9 Å². The van der Waals surface area contributed by atoms with Crippen LogP contribution in [-0.2, 0) is 0 Å². The highest BCUT2D eigenvalue weighted by Gasteiger charge is 2.22. The van der Waals surface area contributed by atoms with E-state index in [1.165, 1.54) is 24.5 Å². The lowest BCUT2D eigenvalue weighted by Gasteiger charge is -2.07. The number of furan rings is 1. The second-order valence-corrected chi connectivity index (χ2v) is 5.12. The van der Waals surface area contributed by atoms with E-state index in [1.54, 1.807) is 13.0 Å². The van der Waals surface area contributed by atoms with Crippen molar-refractivity contribution in [1.82, 2.24) is 4.98 Å². The van der Waals surface area contributed by atoms with E-state index >= 15 is 0 Å². The summed E-state index contributed by atoms with van der Waals surface area (Å²) in [6, 6.07) is 4.57. The molecule has 22 heavy (non-hydrogen) atoms.